The SMILES string of the molecule is C=CCN(C[C@H]1C[C@@H](c2ccc(CO)cc2)O[C@@H](c2cccc(-c3cccc(CNS(=O)(=O)c4ccccc4)c3)c2)O1)C1CCCC1. The summed E-state index contributed by atoms with van der Waals surface area (Å²) in [4.78, 5) is 2.76. The molecule has 1 aliphatic heterocycles. The summed E-state index contributed by atoms with van der Waals surface area (Å²) in [5.41, 5.74) is 5.69. The molecule has 0 radical (unpaired) electrons. The molecule has 1 saturated carbocycles. The number of rotatable bonds is 13. The highest BCUT2D eigenvalue weighted by atomic mass is 32.2. The van der Waals surface area contributed by atoms with Crippen molar-refractivity contribution in [3.8, 4) is 11.1 Å². The summed E-state index contributed by atoms with van der Waals surface area (Å²) in [6, 6.07) is 33.1. The molecule has 0 amide bonds. The summed E-state index contributed by atoms with van der Waals surface area (Å²) >= 11 is 0. The van der Waals surface area contributed by atoms with Crippen molar-refractivity contribution < 1.29 is 23.0 Å². The van der Waals surface area contributed by atoms with Gasteiger partial charge in [-0.1, -0.05) is 97.8 Å². The standard InChI is InChI=1S/C39H44N2O5S/c1-2-22-41(35-14-6-7-15-35)27-36-25-38(31-20-18-29(28-42)19-21-31)46-39(45-36)34-13-9-12-33(24-34)32-11-8-10-30(23-32)26-40-47(43,44)37-16-4-3-5-17-37/h2-5,8-13,16-21,23-24,35-36,38-40,42H,1,6-7,14-15,22,25-28H2/t36-,38+,39+/m1/s1. The predicted molar refractivity (Wildman–Crippen MR) is 185 cm³/mol. The van der Waals surface area contributed by atoms with E-state index in [2.05, 4.69) is 22.3 Å². The average molecular weight is 653 g/mol. The second-order valence-electron chi connectivity index (χ2n) is 12.5. The van der Waals surface area contributed by atoms with Gasteiger partial charge in [-0.25, -0.2) is 13.1 Å². The third-order valence-electron chi connectivity index (χ3n) is 9.20. The fourth-order valence-electron chi connectivity index (χ4n) is 6.69. The van der Waals surface area contributed by atoms with E-state index in [-0.39, 0.29) is 30.3 Å². The lowest BCUT2D eigenvalue weighted by Gasteiger charge is -2.39. The van der Waals surface area contributed by atoms with E-state index >= 15 is 0 Å². The molecule has 4 aromatic rings. The van der Waals surface area contributed by atoms with Crippen LogP contribution in [-0.2, 0) is 32.6 Å². The monoisotopic (exact) mass is 652 g/mol. The van der Waals surface area contributed by atoms with Crippen LogP contribution in [-0.4, -0.2) is 43.7 Å². The summed E-state index contributed by atoms with van der Waals surface area (Å²) in [5.74, 6) is 0. The van der Waals surface area contributed by atoms with Gasteiger partial charge in [-0.05, 0) is 64.9 Å². The maximum atomic E-state index is 12.8. The number of nitrogens with one attached hydrogen (secondary N) is 1. The molecule has 1 heterocycles. The van der Waals surface area contributed by atoms with Gasteiger partial charge >= 0.3 is 0 Å². The van der Waals surface area contributed by atoms with Crippen molar-refractivity contribution in [2.45, 2.75) is 74.7 Å². The molecule has 47 heavy (non-hydrogen) atoms. The van der Waals surface area contributed by atoms with Crippen LogP contribution in [0.2, 0.25) is 0 Å². The van der Waals surface area contributed by atoms with Crippen molar-refractivity contribution in [2.75, 3.05) is 13.1 Å². The number of ether oxygens (including phenoxy) is 2. The van der Waals surface area contributed by atoms with Crippen LogP contribution < -0.4 is 4.72 Å². The van der Waals surface area contributed by atoms with Gasteiger partial charge in [0.05, 0.1) is 23.7 Å². The number of aliphatic hydroxyl groups excluding tert-OH is 1. The summed E-state index contributed by atoms with van der Waals surface area (Å²) in [6.07, 6.45) is 6.91. The Kier molecular flexibility index (Phi) is 11.0. The van der Waals surface area contributed by atoms with Gasteiger partial charge in [0.1, 0.15) is 0 Å². The molecule has 0 bridgehead atoms. The predicted octanol–water partition coefficient (Wildman–Crippen LogP) is 7.30. The average Bonchev–Trinajstić information content (AvgIpc) is 3.67. The topological polar surface area (TPSA) is 88.1 Å². The Hall–Kier alpha value is -3.63. The molecule has 1 aliphatic carbocycles. The van der Waals surface area contributed by atoms with Crippen LogP contribution in [0.25, 0.3) is 11.1 Å². The Morgan fingerprint density at radius 2 is 1.55 bits per heavy atom. The van der Waals surface area contributed by atoms with Gasteiger partial charge in [-0.3, -0.25) is 4.90 Å². The van der Waals surface area contributed by atoms with E-state index in [0.29, 0.717) is 6.04 Å². The van der Waals surface area contributed by atoms with Crippen LogP contribution in [0.5, 0.6) is 0 Å². The third kappa shape index (κ3) is 8.46. The summed E-state index contributed by atoms with van der Waals surface area (Å²) in [7, 11) is -3.62. The maximum Gasteiger partial charge on any atom is 0.240 e. The molecule has 2 fully saturated rings. The Morgan fingerprint density at radius 1 is 0.830 bits per heavy atom. The molecule has 2 N–H and O–H groups in total. The van der Waals surface area contributed by atoms with Gasteiger partial charge in [0.2, 0.25) is 10.0 Å². The van der Waals surface area contributed by atoms with Crippen LogP contribution in [0.4, 0.5) is 0 Å². The van der Waals surface area contributed by atoms with Crippen molar-refractivity contribution in [3.05, 3.63) is 138 Å². The fraction of sp³-hybridized carbons (Fsp3) is 0.333. The molecule has 2 aliphatic rings. The minimum absolute atomic E-state index is 0.00492. The van der Waals surface area contributed by atoms with Gasteiger partial charge in [0.25, 0.3) is 0 Å². The van der Waals surface area contributed by atoms with Crippen molar-refractivity contribution in [3.63, 3.8) is 0 Å². The Morgan fingerprint density at radius 3 is 2.28 bits per heavy atom. The van der Waals surface area contributed by atoms with E-state index in [4.69, 9.17) is 9.47 Å². The number of nitrogens with zero attached hydrogens (tertiary/aromatic N) is 1. The molecule has 3 atom stereocenters. The first kappa shape index (κ1) is 33.3. The molecule has 1 saturated heterocycles. The van der Waals surface area contributed by atoms with Crippen molar-refractivity contribution in [1.82, 2.24) is 9.62 Å². The molecule has 0 aromatic heterocycles. The molecule has 0 spiro atoms. The zero-order valence-electron chi connectivity index (χ0n) is 26.7. The lowest BCUT2D eigenvalue weighted by atomic mass is 9.98. The second kappa shape index (κ2) is 15.5. The number of hydrogen-bond donors (Lipinski definition) is 2. The van der Waals surface area contributed by atoms with Crippen LogP contribution >= 0.6 is 0 Å². The quantitative estimate of drug-likeness (QED) is 0.147. The zero-order valence-corrected chi connectivity index (χ0v) is 27.5. The van der Waals surface area contributed by atoms with E-state index in [1.54, 1.807) is 30.3 Å². The minimum Gasteiger partial charge on any atom is -0.392 e. The first-order valence-electron chi connectivity index (χ1n) is 16.5. The van der Waals surface area contributed by atoms with Crippen molar-refractivity contribution >= 4 is 10.0 Å². The normalized spacial score (nSPS) is 20.4. The van der Waals surface area contributed by atoms with Gasteiger partial charge in [-0.15, -0.1) is 6.58 Å². The zero-order chi connectivity index (χ0) is 32.6. The summed E-state index contributed by atoms with van der Waals surface area (Å²) < 4.78 is 41.7. The minimum atomic E-state index is -3.62. The first-order valence-corrected chi connectivity index (χ1v) is 18.0. The maximum absolute atomic E-state index is 12.8. The number of aliphatic hydroxyl groups is 1. The van der Waals surface area contributed by atoms with E-state index < -0.39 is 16.3 Å². The van der Waals surface area contributed by atoms with Crippen LogP contribution in [0.1, 0.15) is 66.8 Å². The van der Waals surface area contributed by atoms with Gasteiger partial charge in [-0.2, -0.15) is 0 Å². The van der Waals surface area contributed by atoms with Crippen LogP contribution in [0, 0.1) is 0 Å². The molecule has 4 aromatic carbocycles. The molecule has 6 rings (SSSR count). The smallest absolute Gasteiger partial charge is 0.240 e. The third-order valence-corrected chi connectivity index (χ3v) is 10.6. The highest BCUT2D eigenvalue weighted by molar-refractivity contribution is 7.89. The summed E-state index contributed by atoms with van der Waals surface area (Å²) in [5, 5.41) is 9.58. The van der Waals surface area contributed by atoms with E-state index in [9.17, 15) is 13.5 Å². The molecule has 0 unspecified atom stereocenters. The van der Waals surface area contributed by atoms with Crippen molar-refractivity contribution in [1.29, 1.82) is 0 Å². The lowest BCUT2D eigenvalue weighted by molar-refractivity contribution is -0.253. The van der Waals surface area contributed by atoms with Crippen LogP contribution in [0.15, 0.2) is 121 Å². The molecule has 8 heteroatoms. The van der Waals surface area contributed by atoms with Gasteiger partial charge in [0, 0.05) is 37.7 Å². The number of sulfonamides is 1. The number of hydrogen-bond acceptors (Lipinski definition) is 6. The lowest BCUT2D eigenvalue weighted by Crippen LogP contribution is -2.43. The highest BCUT2D eigenvalue weighted by Gasteiger charge is 2.34. The van der Waals surface area contributed by atoms with Gasteiger partial charge < -0.3 is 14.6 Å². The highest BCUT2D eigenvalue weighted by Crippen LogP contribution is 2.39. The van der Waals surface area contributed by atoms with E-state index in [0.717, 1.165) is 52.9 Å². The fourth-order valence-corrected chi connectivity index (χ4v) is 7.73. The molecule has 246 valence electrons. The first-order chi connectivity index (χ1) is 22.9. The largest absolute Gasteiger partial charge is 0.392 e. The second-order valence-corrected chi connectivity index (χ2v) is 14.3. The Balaban J connectivity index is 1.22. The van der Waals surface area contributed by atoms with E-state index in [1.165, 1.54) is 25.7 Å². The van der Waals surface area contributed by atoms with Crippen LogP contribution in [0.3, 0.4) is 0 Å². The van der Waals surface area contributed by atoms with Crippen molar-refractivity contribution in [2.24, 2.45) is 0 Å². The van der Waals surface area contributed by atoms with E-state index in [1.807, 2.05) is 72.8 Å². The molecular formula is C39H44N2O5S. The Bertz CT molecular complexity index is 1720. The van der Waals surface area contributed by atoms with Gasteiger partial charge in [0.15, 0.2) is 6.29 Å². The summed E-state index contributed by atoms with van der Waals surface area (Å²) in [6.45, 7) is 5.85. The molecule has 7 nitrogen and oxygen atoms in total. The number of benzene rings is 4. The Labute approximate surface area is 278 Å². The molecular weight excluding hydrogens is 609 g/mol.